The van der Waals surface area contributed by atoms with Crippen LogP contribution in [0.5, 0.6) is 0 Å². The number of rotatable bonds is 6. The second kappa shape index (κ2) is 6.85. The van der Waals surface area contributed by atoms with Gasteiger partial charge >= 0.3 is 0 Å². The Labute approximate surface area is 136 Å². The van der Waals surface area contributed by atoms with Gasteiger partial charge in [0.25, 0.3) is 0 Å². The Hall–Kier alpha value is -1.99. The first-order valence-electron chi connectivity index (χ1n) is 6.90. The van der Waals surface area contributed by atoms with Gasteiger partial charge in [0.05, 0.1) is 6.04 Å². The second-order valence-electron chi connectivity index (χ2n) is 4.99. The van der Waals surface area contributed by atoms with Gasteiger partial charge in [-0.3, -0.25) is 9.48 Å². The Balaban J connectivity index is 1.71. The third-order valence-corrected chi connectivity index (χ3v) is 4.96. The van der Waals surface area contributed by atoms with Gasteiger partial charge in [0.2, 0.25) is 5.91 Å². The zero-order valence-electron chi connectivity index (χ0n) is 12.1. The molecule has 5 nitrogen and oxygen atoms in total. The van der Waals surface area contributed by atoms with Crippen LogP contribution in [0.4, 0.5) is 0 Å². The van der Waals surface area contributed by atoms with E-state index in [9.17, 15) is 4.79 Å². The van der Waals surface area contributed by atoms with Gasteiger partial charge in [-0.15, -0.1) is 11.3 Å². The van der Waals surface area contributed by atoms with Crippen molar-refractivity contribution in [3.63, 3.8) is 0 Å². The molecule has 0 aromatic carbocycles. The van der Waals surface area contributed by atoms with Crippen LogP contribution in [0, 0.1) is 6.92 Å². The molecule has 0 unspecified atom stereocenters. The van der Waals surface area contributed by atoms with Crippen LogP contribution in [-0.2, 0) is 17.8 Å². The van der Waals surface area contributed by atoms with E-state index in [0.29, 0.717) is 0 Å². The predicted molar refractivity (Wildman–Crippen MR) is 88.0 cm³/mol. The molecule has 0 aliphatic carbocycles. The second-order valence-corrected chi connectivity index (χ2v) is 6.66. The number of nitrogens with zero attached hydrogens (tertiary/aromatic N) is 3. The van der Waals surface area contributed by atoms with Crippen molar-refractivity contribution < 1.29 is 4.79 Å². The fourth-order valence-electron chi connectivity index (χ4n) is 2.16. The molecule has 0 radical (unpaired) electrons. The number of amides is 1. The summed E-state index contributed by atoms with van der Waals surface area (Å²) in [5.41, 5.74) is 2.19. The van der Waals surface area contributed by atoms with Gasteiger partial charge in [-0.2, -0.15) is 16.4 Å². The summed E-state index contributed by atoms with van der Waals surface area (Å²) in [5.74, 6) is -0.0585. The molecule has 3 aromatic heterocycles. The van der Waals surface area contributed by atoms with E-state index in [1.165, 1.54) is 5.56 Å². The molecule has 0 aliphatic heterocycles. The minimum absolute atomic E-state index is 0.0585. The fraction of sp³-hybridized carbons (Fsp3) is 0.267. The third kappa shape index (κ3) is 3.80. The Morgan fingerprint density at radius 3 is 3.00 bits per heavy atom. The lowest BCUT2D eigenvalue weighted by Crippen LogP contribution is -2.32. The lowest BCUT2D eigenvalue weighted by Gasteiger charge is -2.16. The van der Waals surface area contributed by atoms with Crippen LogP contribution in [0.25, 0.3) is 0 Å². The van der Waals surface area contributed by atoms with Crippen molar-refractivity contribution in [2.75, 3.05) is 0 Å². The van der Waals surface area contributed by atoms with Gasteiger partial charge in [0, 0.05) is 29.9 Å². The molecule has 1 atom stereocenters. The smallest absolute Gasteiger partial charge is 0.242 e. The van der Waals surface area contributed by atoms with Crippen molar-refractivity contribution in [3.05, 3.63) is 56.9 Å². The highest BCUT2D eigenvalue weighted by Crippen LogP contribution is 2.23. The number of carbonyl (C=O) groups is 1. The zero-order valence-corrected chi connectivity index (χ0v) is 13.7. The minimum atomic E-state index is -0.101. The van der Waals surface area contributed by atoms with Crippen molar-refractivity contribution in [1.82, 2.24) is 20.1 Å². The van der Waals surface area contributed by atoms with Crippen LogP contribution < -0.4 is 5.32 Å². The predicted octanol–water partition coefficient (Wildman–Crippen LogP) is 2.81. The van der Waals surface area contributed by atoms with Crippen molar-refractivity contribution in [2.24, 2.45) is 0 Å². The maximum absolute atomic E-state index is 12.2. The normalized spacial score (nSPS) is 12.2. The molecule has 0 spiro atoms. The highest BCUT2D eigenvalue weighted by Gasteiger charge is 2.19. The number of aromatic nitrogens is 3. The number of carbonyl (C=O) groups excluding carboxylic acids is 1. The molecule has 1 N–H and O–H groups in total. The SMILES string of the molecule is Cc1csc([C@@H](Cc2ccsc2)NC(=O)Cn2cccn2)n1. The Morgan fingerprint density at radius 2 is 2.36 bits per heavy atom. The Bertz CT molecular complexity index is 719. The average Bonchev–Trinajstić information content (AvgIpc) is 3.20. The van der Waals surface area contributed by atoms with Crippen molar-refractivity contribution >= 4 is 28.6 Å². The molecule has 1 amide bonds. The van der Waals surface area contributed by atoms with Crippen LogP contribution in [0.15, 0.2) is 40.7 Å². The summed E-state index contributed by atoms with van der Waals surface area (Å²) in [7, 11) is 0. The van der Waals surface area contributed by atoms with E-state index in [4.69, 9.17) is 0 Å². The Kier molecular flexibility index (Phi) is 4.65. The van der Waals surface area contributed by atoms with Crippen LogP contribution in [0.1, 0.15) is 22.3 Å². The first-order chi connectivity index (χ1) is 10.7. The average molecular weight is 332 g/mol. The first kappa shape index (κ1) is 14.9. The van der Waals surface area contributed by atoms with E-state index in [-0.39, 0.29) is 18.5 Å². The zero-order chi connectivity index (χ0) is 15.4. The largest absolute Gasteiger partial charge is 0.345 e. The van der Waals surface area contributed by atoms with E-state index < -0.39 is 0 Å². The number of hydrogen-bond donors (Lipinski definition) is 1. The number of thiazole rings is 1. The minimum Gasteiger partial charge on any atom is -0.345 e. The first-order valence-corrected chi connectivity index (χ1v) is 8.73. The lowest BCUT2D eigenvalue weighted by atomic mass is 10.1. The highest BCUT2D eigenvalue weighted by molar-refractivity contribution is 7.09. The summed E-state index contributed by atoms with van der Waals surface area (Å²) in [4.78, 5) is 16.8. The summed E-state index contributed by atoms with van der Waals surface area (Å²) in [6.07, 6.45) is 4.20. The molecular formula is C15H16N4OS2. The highest BCUT2D eigenvalue weighted by atomic mass is 32.1. The van der Waals surface area contributed by atoms with Gasteiger partial charge in [-0.1, -0.05) is 0 Å². The molecule has 3 heterocycles. The topological polar surface area (TPSA) is 59.8 Å². The maximum atomic E-state index is 12.2. The summed E-state index contributed by atoms with van der Waals surface area (Å²) in [6, 6.07) is 3.79. The quantitative estimate of drug-likeness (QED) is 0.755. The molecule has 3 aromatic rings. The third-order valence-electron chi connectivity index (χ3n) is 3.15. The standard InChI is InChI=1S/C15H16N4OS2/c1-11-9-22-15(17-11)13(7-12-3-6-21-10-12)18-14(20)8-19-5-2-4-16-19/h2-6,9-10,13H,7-8H2,1H3,(H,18,20)/t13-/m1/s1. The van der Waals surface area contributed by atoms with E-state index in [0.717, 1.165) is 17.1 Å². The van der Waals surface area contributed by atoms with Crippen molar-refractivity contribution in [1.29, 1.82) is 0 Å². The van der Waals surface area contributed by atoms with Gasteiger partial charge in [0.1, 0.15) is 11.6 Å². The number of nitrogens with one attached hydrogen (secondary N) is 1. The maximum Gasteiger partial charge on any atom is 0.242 e. The summed E-state index contributed by atoms with van der Waals surface area (Å²) < 4.78 is 1.62. The molecule has 0 aliphatic rings. The van der Waals surface area contributed by atoms with Crippen LogP contribution in [0.2, 0.25) is 0 Å². The molecule has 114 valence electrons. The van der Waals surface area contributed by atoms with Crippen molar-refractivity contribution in [3.8, 4) is 0 Å². The monoisotopic (exact) mass is 332 g/mol. The van der Waals surface area contributed by atoms with Gasteiger partial charge < -0.3 is 5.32 Å². The van der Waals surface area contributed by atoms with Crippen LogP contribution in [0.3, 0.4) is 0 Å². The van der Waals surface area contributed by atoms with Crippen LogP contribution >= 0.6 is 22.7 Å². The number of aryl methyl sites for hydroxylation is 1. The fourth-order valence-corrected chi connectivity index (χ4v) is 3.69. The molecular weight excluding hydrogens is 316 g/mol. The molecule has 0 saturated carbocycles. The van der Waals surface area contributed by atoms with Gasteiger partial charge in [0.15, 0.2) is 0 Å². The summed E-state index contributed by atoms with van der Waals surface area (Å²) in [6.45, 7) is 2.19. The van der Waals surface area contributed by atoms with Gasteiger partial charge in [-0.05, 0) is 35.4 Å². The Morgan fingerprint density at radius 1 is 1.45 bits per heavy atom. The number of thiophene rings is 1. The van der Waals surface area contributed by atoms with E-state index in [2.05, 4.69) is 26.8 Å². The van der Waals surface area contributed by atoms with Gasteiger partial charge in [-0.25, -0.2) is 4.98 Å². The lowest BCUT2D eigenvalue weighted by molar-refractivity contribution is -0.122. The molecule has 0 fully saturated rings. The van der Waals surface area contributed by atoms with Crippen LogP contribution in [-0.4, -0.2) is 20.7 Å². The molecule has 0 bridgehead atoms. The molecule has 22 heavy (non-hydrogen) atoms. The molecule has 3 rings (SSSR count). The van der Waals surface area contributed by atoms with E-state index in [1.807, 2.05) is 17.7 Å². The van der Waals surface area contributed by atoms with E-state index >= 15 is 0 Å². The van der Waals surface area contributed by atoms with Crippen molar-refractivity contribution in [2.45, 2.75) is 25.9 Å². The van der Waals surface area contributed by atoms with E-state index in [1.54, 1.807) is 45.8 Å². The summed E-state index contributed by atoms with van der Waals surface area (Å²) >= 11 is 3.25. The number of hydrogen-bond acceptors (Lipinski definition) is 5. The molecule has 0 saturated heterocycles. The summed E-state index contributed by atoms with van der Waals surface area (Å²) in [5, 5.41) is 14.2. The molecule has 7 heteroatoms.